The molecule has 0 aliphatic carbocycles. The van der Waals surface area contributed by atoms with Gasteiger partial charge >= 0.3 is 0 Å². The summed E-state index contributed by atoms with van der Waals surface area (Å²) in [5.74, 6) is -0.835. The fraction of sp³-hybridized carbons (Fsp3) is 0.211. The molecule has 140 valence electrons. The minimum atomic E-state index is -0.492. The Bertz CT molecular complexity index is 1050. The van der Waals surface area contributed by atoms with Crippen LogP contribution in [0.15, 0.2) is 56.9 Å². The predicted molar refractivity (Wildman–Crippen MR) is 110 cm³/mol. The van der Waals surface area contributed by atoms with Crippen molar-refractivity contribution in [1.29, 1.82) is 0 Å². The van der Waals surface area contributed by atoms with Crippen molar-refractivity contribution in [2.24, 2.45) is 0 Å². The third-order valence-electron chi connectivity index (χ3n) is 3.81. The molecule has 2 aromatic carbocycles. The highest BCUT2D eigenvalue weighted by molar-refractivity contribution is 9.10. The average molecular weight is 450 g/mol. The Morgan fingerprint density at radius 1 is 1.30 bits per heavy atom. The molecule has 0 radical (unpaired) electrons. The molecule has 0 aliphatic heterocycles. The average Bonchev–Trinajstić information content (AvgIpc) is 2.65. The number of nitrogens with one attached hydrogen (secondary N) is 1. The minimum absolute atomic E-state index is 0.0204. The number of carbonyl (C=O) groups excluding carboxylic acids is 1. The van der Waals surface area contributed by atoms with E-state index in [0.29, 0.717) is 22.6 Å². The molecule has 1 heterocycles. The van der Waals surface area contributed by atoms with Crippen LogP contribution in [0.4, 0.5) is 10.1 Å². The SMILES string of the molecule is CCCn1c(SCC(=O)Nc2ccccc2F)nc2ccc(Br)cc2c1=O. The monoisotopic (exact) mass is 449 g/mol. The Hall–Kier alpha value is -2.19. The summed E-state index contributed by atoms with van der Waals surface area (Å²) in [7, 11) is 0. The van der Waals surface area contributed by atoms with E-state index in [2.05, 4.69) is 26.2 Å². The second-order valence-electron chi connectivity index (χ2n) is 5.83. The lowest BCUT2D eigenvalue weighted by Gasteiger charge is -2.12. The summed E-state index contributed by atoms with van der Waals surface area (Å²) >= 11 is 4.53. The molecule has 0 saturated carbocycles. The van der Waals surface area contributed by atoms with Crippen molar-refractivity contribution in [2.75, 3.05) is 11.1 Å². The van der Waals surface area contributed by atoms with Gasteiger partial charge in [-0.2, -0.15) is 0 Å². The van der Waals surface area contributed by atoms with Crippen molar-refractivity contribution in [3.8, 4) is 0 Å². The number of benzene rings is 2. The minimum Gasteiger partial charge on any atom is -0.323 e. The fourth-order valence-electron chi connectivity index (χ4n) is 2.58. The van der Waals surface area contributed by atoms with Crippen LogP contribution in [0.3, 0.4) is 0 Å². The highest BCUT2D eigenvalue weighted by Gasteiger charge is 2.14. The summed E-state index contributed by atoms with van der Waals surface area (Å²) in [6, 6.07) is 11.3. The maximum atomic E-state index is 13.7. The van der Waals surface area contributed by atoms with E-state index in [9.17, 15) is 14.0 Å². The van der Waals surface area contributed by atoms with E-state index in [1.807, 2.05) is 13.0 Å². The summed E-state index contributed by atoms with van der Waals surface area (Å²) in [5, 5.41) is 3.53. The third-order valence-corrected chi connectivity index (χ3v) is 5.28. The zero-order valence-corrected chi connectivity index (χ0v) is 16.9. The zero-order valence-electron chi connectivity index (χ0n) is 14.5. The molecule has 1 amide bonds. The van der Waals surface area contributed by atoms with Crippen molar-refractivity contribution in [3.63, 3.8) is 0 Å². The van der Waals surface area contributed by atoms with Gasteiger partial charge in [0, 0.05) is 11.0 Å². The van der Waals surface area contributed by atoms with E-state index >= 15 is 0 Å². The summed E-state index contributed by atoms with van der Waals surface area (Å²) in [4.78, 5) is 29.5. The fourth-order valence-corrected chi connectivity index (χ4v) is 3.77. The van der Waals surface area contributed by atoms with Crippen molar-refractivity contribution in [2.45, 2.75) is 25.0 Å². The molecular formula is C19H17BrFN3O2S. The number of halogens is 2. The Morgan fingerprint density at radius 3 is 2.81 bits per heavy atom. The summed E-state index contributed by atoms with van der Waals surface area (Å²) in [6.45, 7) is 2.47. The number of rotatable bonds is 6. The Morgan fingerprint density at radius 2 is 2.07 bits per heavy atom. The highest BCUT2D eigenvalue weighted by Crippen LogP contribution is 2.21. The number of fused-ring (bicyclic) bond motifs is 1. The molecule has 1 N–H and O–H groups in total. The van der Waals surface area contributed by atoms with E-state index in [4.69, 9.17) is 0 Å². The van der Waals surface area contributed by atoms with Crippen LogP contribution >= 0.6 is 27.7 Å². The van der Waals surface area contributed by atoms with Gasteiger partial charge in [0.15, 0.2) is 5.16 Å². The lowest BCUT2D eigenvalue weighted by atomic mass is 10.2. The second-order valence-corrected chi connectivity index (χ2v) is 7.69. The van der Waals surface area contributed by atoms with E-state index in [-0.39, 0.29) is 22.9 Å². The standard InChI is InChI=1S/C19H17BrFN3O2S/c1-2-9-24-18(26)13-10-12(20)7-8-15(13)23-19(24)27-11-17(25)22-16-6-4-3-5-14(16)21/h3-8,10H,2,9,11H2,1H3,(H,22,25). The maximum Gasteiger partial charge on any atom is 0.262 e. The largest absolute Gasteiger partial charge is 0.323 e. The zero-order chi connectivity index (χ0) is 19.4. The first-order chi connectivity index (χ1) is 13.0. The van der Waals surface area contributed by atoms with Crippen molar-refractivity contribution in [3.05, 3.63) is 63.1 Å². The van der Waals surface area contributed by atoms with Crippen LogP contribution in [-0.2, 0) is 11.3 Å². The third kappa shape index (κ3) is 4.56. The number of thioether (sulfide) groups is 1. The number of hydrogen-bond donors (Lipinski definition) is 1. The number of anilines is 1. The molecule has 1 aromatic heterocycles. The van der Waals surface area contributed by atoms with E-state index < -0.39 is 5.82 Å². The molecule has 8 heteroatoms. The normalized spacial score (nSPS) is 10.9. The first-order valence-electron chi connectivity index (χ1n) is 8.37. The lowest BCUT2D eigenvalue weighted by molar-refractivity contribution is -0.113. The Kier molecular flexibility index (Phi) is 6.28. The highest BCUT2D eigenvalue weighted by atomic mass is 79.9. The van der Waals surface area contributed by atoms with Gasteiger partial charge in [-0.25, -0.2) is 9.37 Å². The molecule has 27 heavy (non-hydrogen) atoms. The Labute approximate surface area is 168 Å². The summed E-state index contributed by atoms with van der Waals surface area (Å²) in [6.07, 6.45) is 0.760. The van der Waals surface area contributed by atoms with Gasteiger partial charge < -0.3 is 5.32 Å². The lowest BCUT2D eigenvalue weighted by Crippen LogP contribution is -2.24. The predicted octanol–water partition coefficient (Wildman–Crippen LogP) is 4.44. The van der Waals surface area contributed by atoms with Gasteiger partial charge in [0.05, 0.1) is 22.3 Å². The van der Waals surface area contributed by atoms with Crippen LogP contribution in [-0.4, -0.2) is 21.2 Å². The van der Waals surface area contributed by atoms with Gasteiger partial charge in [-0.05, 0) is 36.8 Å². The molecule has 3 aromatic rings. The van der Waals surface area contributed by atoms with Gasteiger partial charge in [0.2, 0.25) is 5.91 Å². The van der Waals surface area contributed by atoms with Gasteiger partial charge in [-0.1, -0.05) is 46.7 Å². The van der Waals surface area contributed by atoms with Crippen molar-refractivity contribution in [1.82, 2.24) is 9.55 Å². The molecule has 3 rings (SSSR count). The second kappa shape index (κ2) is 8.67. The molecular weight excluding hydrogens is 433 g/mol. The van der Waals surface area contributed by atoms with Gasteiger partial charge in [-0.3, -0.25) is 14.2 Å². The maximum absolute atomic E-state index is 13.7. The molecule has 0 atom stereocenters. The molecule has 5 nitrogen and oxygen atoms in total. The van der Waals surface area contributed by atoms with Crippen LogP contribution in [0.2, 0.25) is 0 Å². The number of carbonyl (C=O) groups is 1. The number of nitrogens with zero attached hydrogens (tertiary/aromatic N) is 2. The van der Waals surface area contributed by atoms with Crippen LogP contribution in [0, 0.1) is 5.82 Å². The van der Waals surface area contributed by atoms with E-state index in [1.165, 1.54) is 12.1 Å². The molecule has 0 aliphatic rings. The topological polar surface area (TPSA) is 64.0 Å². The van der Waals surface area contributed by atoms with Gasteiger partial charge in [0.25, 0.3) is 5.56 Å². The van der Waals surface area contributed by atoms with E-state index in [1.54, 1.807) is 28.8 Å². The first kappa shape index (κ1) is 19.6. The smallest absolute Gasteiger partial charge is 0.262 e. The van der Waals surface area contributed by atoms with Crippen LogP contribution in [0.1, 0.15) is 13.3 Å². The molecule has 0 fully saturated rings. The number of hydrogen-bond acceptors (Lipinski definition) is 4. The van der Waals surface area contributed by atoms with Crippen LogP contribution < -0.4 is 10.9 Å². The number of para-hydroxylation sites is 1. The Balaban J connectivity index is 1.84. The molecule has 0 unspecified atom stereocenters. The van der Waals surface area contributed by atoms with Crippen molar-refractivity contribution < 1.29 is 9.18 Å². The van der Waals surface area contributed by atoms with Crippen molar-refractivity contribution >= 4 is 50.2 Å². The van der Waals surface area contributed by atoms with Gasteiger partial charge in [-0.15, -0.1) is 0 Å². The molecule has 0 bridgehead atoms. The van der Waals surface area contributed by atoms with Crippen LogP contribution in [0.5, 0.6) is 0 Å². The van der Waals surface area contributed by atoms with E-state index in [0.717, 1.165) is 22.7 Å². The van der Waals surface area contributed by atoms with Crippen LogP contribution in [0.25, 0.3) is 10.9 Å². The van der Waals surface area contributed by atoms with Gasteiger partial charge in [0.1, 0.15) is 5.82 Å². The number of aromatic nitrogens is 2. The quantitative estimate of drug-likeness (QED) is 0.446. The molecule has 0 saturated heterocycles. The summed E-state index contributed by atoms with van der Waals surface area (Å²) in [5.41, 5.74) is 0.568. The first-order valence-corrected chi connectivity index (χ1v) is 10.1. The number of amides is 1. The summed E-state index contributed by atoms with van der Waals surface area (Å²) < 4.78 is 16.0. The molecule has 0 spiro atoms.